The summed E-state index contributed by atoms with van der Waals surface area (Å²) in [6.07, 6.45) is 5.20. The lowest BCUT2D eigenvalue weighted by atomic mass is 9.78. The van der Waals surface area contributed by atoms with Gasteiger partial charge >= 0.3 is 0 Å². The van der Waals surface area contributed by atoms with Crippen LogP contribution < -0.4 is 0 Å². The molecule has 0 radical (unpaired) electrons. The molecule has 0 aromatic rings. The molecular formula is C9H18O. The van der Waals surface area contributed by atoms with Crippen molar-refractivity contribution in [3.8, 4) is 0 Å². The molecule has 0 aromatic heterocycles. The first-order valence-electron chi connectivity index (χ1n) is 4.41. The molecule has 1 saturated heterocycles. The summed E-state index contributed by atoms with van der Waals surface area (Å²) in [5.74, 6) is 0. The Bertz CT molecular complexity index is 86.9. The highest BCUT2D eigenvalue weighted by Gasteiger charge is 2.28. The Kier molecular flexibility index (Phi) is 2.72. The van der Waals surface area contributed by atoms with Crippen molar-refractivity contribution in [2.24, 2.45) is 5.41 Å². The normalized spacial score (nSPS) is 24.6. The molecule has 0 atom stereocenters. The maximum Gasteiger partial charge on any atom is 0.0522 e. The Morgan fingerprint density at radius 2 is 2.00 bits per heavy atom. The van der Waals surface area contributed by atoms with Gasteiger partial charge in [-0.3, -0.25) is 0 Å². The van der Waals surface area contributed by atoms with Crippen molar-refractivity contribution in [1.82, 2.24) is 0 Å². The smallest absolute Gasteiger partial charge is 0.0522 e. The van der Waals surface area contributed by atoms with Gasteiger partial charge in [0.25, 0.3) is 0 Å². The highest BCUT2D eigenvalue weighted by Crippen LogP contribution is 2.34. The fraction of sp³-hybridized carbons (Fsp3) is 1.00. The van der Waals surface area contributed by atoms with Gasteiger partial charge in [0.15, 0.2) is 0 Å². The molecule has 60 valence electrons. The lowest BCUT2D eigenvalue weighted by molar-refractivity contribution is -0.0121. The summed E-state index contributed by atoms with van der Waals surface area (Å²) < 4.78 is 5.47. The molecule has 0 saturated carbocycles. The minimum Gasteiger partial charge on any atom is -0.381 e. The molecule has 1 aliphatic rings. The van der Waals surface area contributed by atoms with Crippen molar-refractivity contribution in [2.75, 3.05) is 13.2 Å². The molecule has 1 rings (SSSR count). The molecule has 0 aliphatic carbocycles. The molecule has 1 fully saturated rings. The van der Waals surface area contributed by atoms with Crippen molar-refractivity contribution in [2.45, 2.75) is 39.5 Å². The monoisotopic (exact) mass is 142 g/mol. The van der Waals surface area contributed by atoms with Gasteiger partial charge in [-0.2, -0.15) is 0 Å². The van der Waals surface area contributed by atoms with Crippen LogP contribution in [0.2, 0.25) is 0 Å². The summed E-state index contributed by atoms with van der Waals surface area (Å²) in [5.41, 5.74) is 0.540. The quantitative estimate of drug-likeness (QED) is 0.576. The Hall–Kier alpha value is -0.0400. The highest BCUT2D eigenvalue weighted by molar-refractivity contribution is 4.78. The summed E-state index contributed by atoms with van der Waals surface area (Å²) in [7, 11) is 0. The van der Waals surface area contributed by atoms with Crippen LogP contribution in [0.15, 0.2) is 0 Å². The van der Waals surface area contributed by atoms with Crippen molar-refractivity contribution in [3.05, 3.63) is 0 Å². The Morgan fingerprint density at radius 1 is 1.30 bits per heavy atom. The van der Waals surface area contributed by atoms with Gasteiger partial charge in [0.1, 0.15) is 0 Å². The molecule has 1 heterocycles. The standard InChI is InChI=1S/C9H18O/c1-3-9(4-2)6-5-7-10-8-9/h3-8H2,1-2H3. The van der Waals surface area contributed by atoms with Crippen molar-refractivity contribution < 1.29 is 4.74 Å². The van der Waals surface area contributed by atoms with E-state index in [-0.39, 0.29) is 0 Å². The fourth-order valence-corrected chi connectivity index (χ4v) is 1.72. The van der Waals surface area contributed by atoms with Gasteiger partial charge in [0, 0.05) is 6.61 Å². The van der Waals surface area contributed by atoms with Crippen molar-refractivity contribution >= 4 is 0 Å². The van der Waals surface area contributed by atoms with Gasteiger partial charge in [0.2, 0.25) is 0 Å². The predicted octanol–water partition coefficient (Wildman–Crippen LogP) is 2.60. The van der Waals surface area contributed by atoms with E-state index in [0.29, 0.717) is 5.41 Å². The van der Waals surface area contributed by atoms with Gasteiger partial charge in [0.05, 0.1) is 6.61 Å². The maximum absolute atomic E-state index is 5.47. The molecule has 0 unspecified atom stereocenters. The predicted molar refractivity (Wildman–Crippen MR) is 43.1 cm³/mol. The van der Waals surface area contributed by atoms with Gasteiger partial charge in [-0.05, 0) is 31.1 Å². The summed E-state index contributed by atoms with van der Waals surface area (Å²) in [6.45, 7) is 6.54. The molecule has 1 nitrogen and oxygen atoms in total. The van der Waals surface area contributed by atoms with Gasteiger partial charge in [-0.25, -0.2) is 0 Å². The van der Waals surface area contributed by atoms with Crippen LogP contribution in [0.1, 0.15) is 39.5 Å². The Labute approximate surface area is 63.8 Å². The summed E-state index contributed by atoms with van der Waals surface area (Å²) in [6, 6.07) is 0. The second-order valence-corrected chi connectivity index (χ2v) is 3.36. The average Bonchev–Trinajstić information content (AvgIpc) is 2.06. The molecule has 0 N–H and O–H groups in total. The molecule has 0 aromatic carbocycles. The van der Waals surface area contributed by atoms with E-state index in [1.165, 1.54) is 25.7 Å². The lowest BCUT2D eigenvalue weighted by Gasteiger charge is -2.35. The molecule has 1 heteroatoms. The van der Waals surface area contributed by atoms with Gasteiger partial charge < -0.3 is 4.74 Å². The van der Waals surface area contributed by atoms with E-state index in [9.17, 15) is 0 Å². The van der Waals surface area contributed by atoms with Crippen LogP contribution in [0.3, 0.4) is 0 Å². The number of hydrogen-bond acceptors (Lipinski definition) is 1. The summed E-state index contributed by atoms with van der Waals surface area (Å²) >= 11 is 0. The Morgan fingerprint density at radius 3 is 2.30 bits per heavy atom. The second kappa shape index (κ2) is 3.38. The van der Waals surface area contributed by atoms with E-state index in [1.54, 1.807) is 0 Å². The fourth-order valence-electron chi connectivity index (χ4n) is 1.72. The van der Waals surface area contributed by atoms with Crippen LogP contribution in [0.25, 0.3) is 0 Å². The van der Waals surface area contributed by atoms with E-state index in [0.717, 1.165) is 13.2 Å². The highest BCUT2D eigenvalue weighted by atomic mass is 16.5. The molecule has 0 spiro atoms. The van der Waals surface area contributed by atoms with Crippen LogP contribution >= 0.6 is 0 Å². The van der Waals surface area contributed by atoms with E-state index in [4.69, 9.17) is 4.74 Å². The third-order valence-electron chi connectivity index (χ3n) is 2.90. The van der Waals surface area contributed by atoms with Crippen molar-refractivity contribution in [3.63, 3.8) is 0 Å². The molecule has 1 aliphatic heterocycles. The van der Waals surface area contributed by atoms with E-state index in [2.05, 4.69) is 13.8 Å². The van der Waals surface area contributed by atoms with E-state index < -0.39 is 0 Å². The minimum absolute atomic E-state index is 0.540. The number of rotatable bonds is 2. The van der Waals surface area contributed by atoms with E-state index in [1.807, 2.05) is 0 Å². The summed E-state index contributed by atoms with van der Waals surface area (Å²) in [4.78, 5) is 0. The SMILES string of the molecule is CCC1(CC)CCCOC1. The van der Waals surface area contributed by atoms with Crippen LogP contribution in [0.5, 0.6) is 0 Å². The third kappa shape index (κ3) is 1.51. The second-order valence-electron chi connectivity index (χ2n) is 3.36. The molecule has 0 amide bonds. The van der Waals surface area contributed by atoms with Gasteiger partial charge in [-0.15, -0.1) is 0 Å². The number of ether oxygens (including phenoxy) is 1. The van der Waals surface area contributed by atoms with E-state index >= 15 is 0 Å². The summed E-state index contributed by atoms with van der Waals surface area (Å²) in [5, 5.41) is 0. The third-order valence-corrected chi connectivity index (χ3v) is 2.90. The van der Waals surface area contributed by atoms with Crippen LogP contribution in [0, 0.1) is 5.41 Å². The molecular weight excluding hydrogens is 124 g/mol. The largest absolute Gasteiger partial charge is 0.381 e. The van der Waals surface area contributed by atoms with Crippen molar-refractivity contribution in [1.29, 1.82) is 0 Å². The Balaban J connectivity index is 2.44. The first kappa shape index (κ1) is 8.06. The maximum atomic E-state index is 5.47. The van der Waals surface area contributed by atoms with Crippen LogP contribution in [-0.4, -0.2) is 13.2 Å². The van der Waals surface area contributed by atoms with Crippen LogP contribution in [0.4, 0.5) is 0 Å². The zero-order chi connectivity index (χ0) is 7.45. The molecule has 0 bridgehead atoms. The average molecular weight is 142 g/mol. The topological polar surface area (TPSA) is 9.23 Å². The zero-order valence-electron chi connectivity index (χ0n) is 7.15. The first-order valence-corrected chi connectivity index (χ1v) is 4.41. The van der Waals surface area contributed by atoms with Crippen LogP contribution in [-0.2, 0) is 4.74 Å². The number of hydrogen-bond donors (Lipinski definition) is 0. The first-order chi connectivity index (χ1) is 4.83. The minimum atomic E-state index is 0.540. The lowest BCUT2D eigenvalue weighted by Crippen LogP contribution is -2.30. The van der Waals surface area contributed by atoms with Gasteiger partial charge in [-0.1, -0.05) is 13.8 Å². The molecule has 10 heavy (non-hydrogen) atoms. The zero-order valence-corrected chi connectivity index (χ0v) is 7.15.